The van der Waals surface area contributed by atoms with Gasteiger partial charge in [0, 0.05) is 0 Å². The molecule has 0 saturated carbocycles. The van der Waals surface area contributed by atoms with Crippen LogP contribution in [0.15, 0.2) is 48.5 Å². The molecule has 23 heavy (non-hydrogen) atoms. The molecule has 0 radical (unpaired) electrons. The highest BCUT2D eigenvalue weighted by atomic mass is 16.5. The van der Waals surface area contributed by atoms with Crippen LogP contribution in [0.5, 0.6) is 23.0 Å². The van der Waals surface area contributed by atoms with Gasteiger partial charge in [0.1, 0.15) is 5.75 Å². The molecule has 3 heteroatoms. The fourth-order valence-corrected chi connectivity index (χ4v) is 2.08. The molecule has 0 aliphatic carbocycles. The molecule has 2 rings (SSSR count). The van der Waals surface area contributed by atoms with Gasteiger partial charge in [-0.15, -0.1) is 0 Å². The highest BCUT2D eigenvalue weighted by Crippen LogP contribution is 2.40. The van der Waals surface area contributed by atoms with Crippen molar-refractivity contribution in [3.05, 3.63) is 48.5 Å². The molecule has 2 aromatic carbocycles. The lowest BCUT2D eigenvalue weighted by Crippen LogP contribution is -2.02. The number of unbranched alkanes of at least 4 members (excludes halogenated alkanes) is 2. The van der Waals surface area contributed by atoms with Gasteiger partial charge in [0.15, 0.2) is 11.5 Å². The number of rotatable bonds is 10. The first kappa shape index (κ1) is 17.2. The van der Waals surface area contributed by atoms with E-state index in [0.717, 1.165) is 42.9 Å². The summed E-state index contributed by atoms with van der Waals surface area (Å²) in [7, 11) is 0. The number of benzene rings is 2. The van der Waals surface area contributed by atoms with E-state index in [4.69, 9.17) is 14.2 Å². The van der Waals surface area contributed by atoms with Crippen LogP contribution in [-0.4, -0.2) is 13.2 Å². The Balaban J connectivity index is 2.20. The Kier molecular flexibility index (Phi) is 7.31. The maximum atomic E-state index is 6.05. The third-order valence-corrected chi connectivity index (χ3v) is 3.42. The van der Waals surface area contributed by atoms with Crippen LogP contribution in [-0.2, 0) is 0 Å². The normalized spacial score (nSPS) is 10.3. The predicted octanol–water partition coefficient (Wildman–Crippen LogP) is 5.84. The van der Waals surface area contributed by atoms with Gasteiger partial charge in [0.2, 0.25) is 5.75 Å². The first-order valence-electron chi connectivity index (χ1n) is 8.46. The van der Waals surface area contributed by atoms with Crippen molar-refractivity contribution in [1.29, 1.82) is 0 Å². The van der Waals surface area contributed by atoms with Crippen molar-refractivity contribution in [3.63, 3.8) is 0 Å². The minimum atomic E-state index is 0.658. The summed E-state index contributed by atoms with van der Waals surface area (Å²) in [5.41, 5.74) is 0. The average Bonchev–Trinajstić information content (AvgIpc) is 2.58. The van der Waals surface area contributed by atoms with Gasteiger partial charge in [-0.3, -0.25) is 0 Å². The molecule has 0 spiro atoms. The van der Waals surface area contributed by atoms with E-state index in [1.807, 2.05) is 48.5 Å². The Morgan fingerprint density at radius 3 is 1.78 bits per heavy atom. The van der Waals surface area contributed by atoms with E-state index in [1.165, 1.54) is 0 Å². The predicted molar refractivity (Wildman–Crippen MR) is 93.8 cm³/mol. The topological polar surface area (TPSA) is 27.7 Å². The van der Waals surface area contributed by atoms with Gasteiger partial charge >= 0.3 is 0 Å². The van der Waals surface area contributed by atoms with Crippen LogP contribution in [0.25, 0.3) is 0 Å². The summed E-state index contributed by atoms with van der Waals surface area (Å²) in [5.74, 6) is 2.90. The number of para-hydroxylation sites is 2. The molecular weight excluding hydrogens is 288 g/mol. The van der Waals surface area contributed by atoms with Crippen molar-refractivity contribution in [1.82, 2.24) is 0 Å². The van der Waals surface area contributed by atoms with Crippen LogP contribution in [0, 0.1) is 0 Å². The number of ether oxygens (including phenoxy) is 3. The fourth-order valence-electron chi connectivity index (χ4n) is 2.08. The van der Waals surface area contributed by atoms with E-state index in [2.05, 4.69) is 13.8 Å². The molecule has 0 aliphatic heterocycles. The van der Waals surface area contributed by atoms with Crippen molar-refractivity contribution in [2.75, 3.05) is 13.2 Å². The highest BCUT2D eigenvalue weighted by Gasteiger charge is 2.13. The second-order valence-electron chi connectivity index (χ2n) is 5.40. The third-order valence-electron chi connectivity index (χ3n) is 3.42. The Labute approximate surface area is 139 Å². The molecule has 0 aromatic heterocycles. The highest BCUT2D eigenvalue weighted by molar-refractivity contribution is 5.53. The summed E-state index contributed by atoms with van der Waals surface area (Å²) >= 11 is 0. The van der Waals surface area contributed by atoms with Crippen molar-refractivity contribution in [3.8, 4) is 23.0 Å². The molecular formula is C20H26O3. The lowest BCUT2D eigenvalue weighted by atomic mass is 10.2. The van der Waals surface area contributed by atoms with Crippen LogP contribution in [0.3, 0.4) is 0 Å². The number of hydrogen-bond donors (Lipinski definition) is 0. The minimum absolute atomic E-state index is 0.658. The molecule has 3 nitrogen and oxygen atoms in total. The smallest absolute Gasteiger partial charge is 0.211 e. The van der Waals surface area contributed by atoms with E-state index in [1.54, 1.807) is 0 Å². The third kappa shape index (κ3) is 5.51. The lowest BCUT2D eigenvalue weighted by Gasteiger charge is -2.16. The molecule has 0 amide bonds. The molecule has 0 unspecified atom stereocenters. The van der Waals surface area contributed by atoms with Gasteiger partial charge in [-0.1, -0.05) is 51.0 Å². The van der Waals surface area contributed by atoms with E-state index in [9.17, 15) is 0 Å². The average molecular weight is 314 g/mol. The lowest BCUT2D eigenvalue weighted by molar-refractivity contribution is 0.271. The second kappa shape index (κ2) is 9.78. The molecule has 0 aliphatic rings. The largest absolute Gasteiger partial charge is 0.490 e. The minimum Gasteiger partial charge on any atom is -0.490 e. The van der Waals surface area contributed by atoms with Crippen molar-refractivity contribution in [2.24, 2.45) is 0 Å². The van der Waals surface area contributed by atoms with Crippen LogP contribution in [0.1, 0.15) is 39.5 Å². The molecule has 0 bridgehead atoms. The van der Waals surface area contributed by atoms with Crippen molar-refractivity contribution >= 4 is 0 Å². The van der Waals surface area contributed by atoms with Crippen LogP contribution < -0.4 is 14.2 Å². The Hall–Kier alpha value is -2.16. The SMILES string of the molecule is CCCCOc1cccc(OCCCC)c1Oc1ccccc1. The van der Waals surface area contributed by atoms with Gasteiger partial charge in [0.05, 0.1) is 13.2 Å². The fraction of sp³-hybridized carbons (Fsp3) is 0.400. The summed E-state index contributed by atoms with van der Waals surface area (Å²) in [6, 6.07) is 15.5. The first-order chi connectivity index (χ1) is 11.3. The standard InChI is InChI=1S/C20H26O3/c1-3-5-15-21-18-13-10-14-19(22-16-6-4-2)20(18)23-17-11-8-7-9-12-17/h7-14H,3-6,15-16H2,1-2H3. The quantitative estimate of drug-likeness (QED) is 0.516. The monoisotopic (exact) mass is 314 g/mol. The summed E-state index contributed by atoms with van der Waals surface area (Å²) in [5, 5.41) is 0. The van der Waals surface area contributed by atoms with Gasteiger partial charge in [-0.2, -0.15) is 0 Å². The van der Waals surface area contributed by atoms with E-state index in [-0.39, 0.29) is 0 Å². The second-order valence-corrected chi connectivity index (χ2v) is 5.40. The van der Waals surface area contributed by atoms with E-state index >= 15 is 0 Å². The Bertz CT molecular complexity index is 538. The zero-order chi connectivity index (χ0) is 16.3. The summed E-state index contributed by atoms with van der Waals surface area (Å²) in [6.45, 7) is 5.66. The van der Waals surface area contributed by atoms with Gasteiger partial charge in [-0.05, 0) is 37.1 Å². The van der Waals surface area contributed by atoms with Crippen LogP contribution >= 0.6 is 0 Å². The molecule has 0 fully saturated rings. The zero-order valence-electron chi connectivity index (χ0n) is 14.1. The van der Waals surface area contributed by atoms with Gasteiger partial charge < -0.3 is 14.2 Å². The summed E-state index contributed by atoms with van der Waals surface area (Å²) in [4.78, 5) is 0. The molecule has 2 aromatic rings. The van der Waals surface area contributed by atoms with Crippen molar-refractivity contribution < 1.29 is 14.2 Å². The van der Waals surface area contributed by atoms with Crippen molar-refractivity contribution in [2.45, 2.75) is 39.5 Å². The number of hydrogen-bond acceptors (Lipinski definition) is 3. The maximum absolute atomic E-state index is 6.05. The molecule has 0 N–H and O–H groups in total. The molecule has 0 atom stereocenters. The summed E-state index contributed by atoms with van der Waals surface area (Å²) in [6.07, 6.45) is 4.24. The first-order valence-corrected chi connectivity index (χ1v) is 8.46. The van der Waals surface area contributed by atoms with Gasteiger partial charge in [-0.25, -0.2) is 0 Å². The molecule has 124 valence electrons. The zero-order valence-corrected chi connectivity index (χ0v) is 14.1. The summed E-state index contributed by atoms with van der Waals surface area (Å²) < 4.78 is 17.8. The van der Waals surface area contributed by atoms with Gasteiger partial charge in [0.25, 0.3) is 0 Å². The van der Waals surface area contributed by atoms with E-state index < -0.39 is 0 Å². The van der Waals surface area contributed by atoms with E-state index in [0.29, 0.717) is 19.0 Å². The Morgan fingerprint density at radius 1 is 0.696 bits per heavy atom. The van der Waals surface area contributed by atoms with Crippen LogP contribution in [0.4, 0.5) is 0 Å². The molecule has 0 saturated heterocycles. The molecule has 0 heterocycles. The maximum Gasteiger partial charge on any atom is 0.211 e. The van der Waals surface area contributed by atoms with Crippen LogP contribution in [0.2, 0.25) is 0 Å². The Morgan fingerprint density at radius 2 is 1.26 bits per heavy atom.